The average Bonchev–Trinajstić information content (AvgIpc) is 3.32. The van der Waals surface area contributed by atoms with Crippen molar-refractivity contribution in [1.29, 1.82) is 0 Å². The van der Waals surface area contributed by atoms with Gasteiger partial charge in [-0.3, -0.25) is 4.79 Å². The summed E-state index contributed by atoms with van der Waals surface area (Å²) in [7, 11) is 2.24. The predicted octanol–water partition coefficient (Wildman–Crippen LogP) is -0.872. The van der Waals surface area contributed by atoms with Gasteiger partial charge in [-0.1, -0.05) is 0 Å². The van der Waals surface area contributed by atoms with Crippen LogP contribution in [0.1, 0.15) is 34.6 Å². The van der Waals surface area contributed by atoms with Gasteiger partial charge in [0.25, 0.3) is 5.91 Å². The highest BCUT2D eigenvalue weighted by Crippen LogP contribution is 2.36. The van der Waals surface area contributed by atoms with E-state index in [9.17, 15) is 26.4 Å². The van der Waals surface area contributed by atoms with Gasteiger partial charge in [-0.25, -0.2) is 32.7 Å². The van der Waals surface area contributed by atoms with E-state index in [-0.39, 0.29) is 29.3 Å². The van der Waals surface area contributed by atoms with Crippen LogP contribution in [0.5, 0.6) is 0 Å². The van der Waals surface area contributed by atoms with Crippen molar-refractivity contribution in [3.63, 3.8) is 0 Å². The molecule has 0 radical (unpaired) electrons. The zero-order valence-corrected chi connectivity index (χ0v) is 23.6. The first-order valence-electron chi connectivity index (χ1n) is 12.5. The van der Waals surface area contributed by atoms with Gasteiger partial charge < -0.3 is 15.2 Å². The molecule has 3 aromatic heterocycles. The fourth-order valence-corrected chi connectivity index (χ4v) is 5.18. The van der Waals surface area contributed by atoms with Gasteiger partial charge in [0.2, 0.25) is 16.0 Å². The molecule has 11 nitrogen and oxygen atoms in total. The number of piperidine rings is 1. The molecular formula is C22H28B3F3N8O3S. The summed E-state index contributed by atoms with van der Waals surface area (Å²) in [5.74, 6) is -0.353. The van der Waals surface area contributed by atoms with Crippen molar-refractivity contribution in [2.45, 2.75) is 37.2 Å². The van der Waals surface area contributed by atoms with E-state index in [1.807, 2.05) is 23.5 Å². The molecule has 1 fully saturated rings. The number of halogens is 3. The van der Waals surface area contributed by atoms with Crippen LogP contribution in [0.3, 0.4) is 0 Å². The maximum atomic E-state index is 13.9. The molecule has 0 atom stereocenters. The largest absolute Gasteiger partial charge is 0.420 e. The SMILES string of the molecule is BC(B)(B)NC(=O)c1ccc(-n2cnc(-c3nc(NC4CCN(S(C)(=O)=O)CC4)ncc3C(F)(F)F)c2)c(C)n1. The Labute approximate surface area is 232 Å². The topological polar surface area (TPSA) is 135 Å². The van der Waals surface area contributed by atoms with E-state index in [4.69, 9.17) is 0 Å². The Kier molecular flexibility index (Phi) is 8.05. The van der Waals surface area contributed by atoms with Crippen molar-refractivity contribution in [3.05, 3.63) is 47.8 Å². The van der Waals surface area contributed by atoms with Crippen LogP contribution in [0.25, 0.3) is 17.1 Å². The third-order valence-corrected chi connectivity index (χ3v) is 7.54. The Morgan fingerprint density at radius 3 is 2.35 bits per heavy atom. The number of sulfonamides is 1. The number of anilines is 1. The van der Waals surface area contributed by atoms with Gasteiger partial charge in [0.05, 0.1) is 17.6 Å². The molecule has 0 spiro atoms. The number of imidazole rings is 1. The number of alkyl halides is 3. The second-order valence-electron chi connectivity index (χ2n) is 10.7. The molecule has 0 bridgehead atoms. The van der Waals surface area contributed by atoms with E-state index in [0.29, 0.717) is 43.5 Å². The van der Waals surface area contributed by atoms with E-state index in [0.717, 1.165) is 6.26 Å². The minimum Gasteiger partial charge on any atom is -0.368 e. The van der Waals surface area contributed by atoms with Crippen LogP contribution in [0, 0.1) is 6.92 Å². The standard InChI is InChI=1S/C22H28B3F3N8O3S/c1-12-17(4-3-15(31-12)19(37)34-22(23,24)25)35-10-16(30-11-35)18-14(21(26,27)28)9-29-20(33-18)32-13-5-7-36(8-6-13)40(2,38)39/h3-4,9-11,13H,5-8,23-25H2,1-2H3,(H,34,37)(H,29,32,33). The van der Waals surface area contributed by atoms with Crippen LogP contribution < -0.4 is 10.6 Å². The Morgan fingerprint density at radius 1 is 1.10 bits per heavy atom. The first-order valence-corrected chi connectivity index (χ1v) is 14.4. The third-order valence-electron chi connectivity index (χ3n) is 6.23. The number of pyridine rings is 1. The van der Waals surface area contributed by atoms with Crippen LogP contribution in [0.4, 0.5) is 19.1 Å². The molecule has 4 heterocycles. The number of aromatic nitrogens is 5. The zero-order valence-electron chi connectivity index (χ0n) is 22.7. The van der Waals surface area contributed by atoms with Gasteiger partial charge >= 0.3 is 6.18 Å². The van der Waals surface area contributed by atoms with Crippen molar-refractivity contribution < 1.29 is 26.4 Å². The number of hydrogen-bond donors (Lipinski definition) is 2. The molecule has 3 aromatic rings. The van der Waals surface area contributed by atoms with Crippen molar-refractivity contribution in [2.75, 3.05) is 24.7 Å². The molecule has 0 unspecified atom stereocenters. The van der Waals surface area contributed by atoms with Crippen molar-refractivity contribution >= 4 is 45.4 Å². The molecule has 0 aromatic carbocycles. The molecule has 4 rings (SSSR count). The fraction of sp³-hybridized carbons (Fsp3) is 0.409. The van der Waals surface area contributed by atoms with E-state index >= 15 is 0 Å². The van der Waals surface area contributed by atoms with Gasteiger partial charge in [-0.05, 0) is 37.1 Å². The second kappa shape index (κ2) is 10.9. The summed E-state index contributed by atoms with van der Waals surface area (Å²) in [4.78, 5) is 29.0. The molecule has 1 aliphatic heterocycles. The minimum absolute atomic E-state index is 0.0117. The third kappa shape index (κ3) is 7.02. The number of amides is 1. The lowest BCUT2D eigenvalue weighted by Gasteiger charge is -2.30. The Morgan fingerprint density at radius 2 is 1.77 bits per heavy atom. The first-order chi connectivity index (χ1) is 18.5. The summed E-state index contributed by atoms with van der Waals surface area (Å²) in [5, 5.41) is 5.42. The summed E-state index contributed by atoms with van der Waals surface area (Å²) in [5.41, 5.74) is -0.247. The van der Waals surface area contributed by atoms with Gasteiger partial charge in [0.15, 0.2) is 0 Å². The Balaban J connectivity index is 1.59. The van der Waals surface area contributed by atoms with Crippen molar-refractivity contribution in [1.82, 2.24) is 34.1 Å². The predicted molar refractivity (Wildman–Crippen MR) is 151 cm³/mol. The smallest absolute Gasteiger partial charge is 0.368 e. The fourth-order valence-electron chi connectivity index (χ4n) is 4.30. The molecule has 0 saturated carbocycles. The van der Waals surface area contributed by atoms with Gasteiger partial charge in [0, 0.05) is 31.5 Å². The van der Waals surface area contributed by atoms with Gasteiger partial charge in [-0.15, -0.1) is 0 Å². The molecule has 0 aliphatic carbocycles. The van der Waals surface area contributed by atoms with Crippen LogP contribution >= 0.6 is 0 Å². The first kappa shape index (κ1) is 29.6. The van der Waals surface area contributed by atoms with Gasteiger partial charge in [0.1, 0.15) is 52.5 Å². The lowest BCUT2D eigenvalue weighted by molar-refractivity contribution is -0.137. The average molecular weight is 574 g/mol. The van der Waals surface area contributed by atoms with E-state index in [1.165, 1.54) is 27.5 Å². The highest BCUT2D eigenvalue weighted by Gasteiger charge is 2.36. The summed E-state index contributed by atoms with van der Waals surface area (Å²) in [6.45, 7) is 2.27. The maximum Gasteiger partial charge on any atom is 0.420 e. The minimum atomic E-state index is -4.72. The van der Waals surface area contributed by atoms with E-state index in [1.54, 1.807) is 13.0 Å². The second-order valence-corrected chi connectivity index (χ2v) is 12.7. The van der Waals surface area contributed by atoms with Crippen LogP contribution in [0.15, 0.2) is 30.9 Å². The number of carbonyl (C=O) groups excluding carboxylic acids is 1. The summed E-state index contributed by atoms with van der Waals surface area (Å²) >= 11 is 0. The number of nitrogens with one attached hydrogen (secondary N) is 2. The number of nitrogens with zero attached hydrogens (tertiary/aromatic N) is 6. The van der Waals surface area contributed by atoms with E-state index < -0.39 is 32.7 Å². The highest BCUT2D eigenvalue weighted by molar-refractivity contribution is 7.88. The Hall–Kier alpha value is -3.40. The molecular weight excluding hydrogens is 546 g/mol. The van der Waals surface area contributed by atoms with Crippen LogP contribution in [-0.4, -0.2) is 97.3 Å². The van der Waals surface area contributed by atoms with Gasteiger partial charge in [-0.2, -0.15) is 13.2 Å². The number of hydrogen-bond acceptors (Lipinski definition) is 8. The molecule has 18 heteroatoms. The highest BCUT2D eigenvalue weighted by atomic mass is 32.2. The monoisotopic (exact) mass is 574 g/mol. The van der Waals surface area contributed by atoms with Crippen molar-refractivity contribution in [2.24, 2.45) is 0 Å². The summed E-state index contributed by atoms with van der Waals surface area (Å²) in [6, 6.07) is 2.97. The maximum absolute atomic E-state index is 13.9. The Bertz CT molecular complexity index is 1520. The zero-order chi connectivity index (χ0) is 29.5. The lowest BCUT2D eigenvalue weighted by atomic mass is 9.49. The number of carbonyl (C=O) groups is 1. The van der Waals surface area contributed by atoms with E-state index in [2.05, 4.69) is 30.6 Å². The van der Waals surface area contributed by atoms with Crippen LogP contribution in [0.2, 0.25) is 0 Å². The molecule has 1 amide bonds. The molecule has 1 saturated heterocycles. The molecule has 210 valence electrons. The number of rotatable bonds is 7. The number of aryl methyl sites for hydroxylation is 1. The molecule has 1 aliphatic rings. The molecule has 2 N–H and O–H groups in total. The molecule has 40 heavy (non-hydrogen) atoms. The van der Waals surface area contributed by atoms with Crippen LogP contribution in [-0.2, 0) is 16.2 Å². The summed E-state index contributed by atoms with van der Waals surface area (Å²) < 4.78 is 68.0. The van der Waals surface area contributed by atoms with Crippen molar-refractivity contribution in [3.8, 4) is 17.1 Å². The quantitative estimate of drug-likeness (QED) is 0.348. The normalized spacial score (nSPS) is 15.6. The summed E-state index contributed by atoms with van der Waals surface area (Å²) in [6.07, 6.45) is 0.800. The lowest BCUT2D eigenvalue weighted by Crippen LogP contribution is -2.50.